The SMILES string of the molecule is C#CCN[C@@H](COC1O[C@H](CO)[C@@H](O)C(N)[C@H]1O)CC(N)[C@H](CO)O[C@H]1OC(CC)[C@@H](O)C(O)C1O. The summed E-state index contributed by atoms with van der Waals surface area (Å²) >= 11 is 0. The van der Waals surface area contributed by atoms with Gasteiger partial charge in [0.05, 0.1) is 44.6 Å². The maximum atomic E-state index is 10.3. The van der Waals surface area contributed by atoms with E-state index in [9.17, 15) is 35.7 Å². The van der Waals surface area contributed by atoms with Crippen molar-refractivity contribution < 1.29 is 54.7 Å². The highest BCUT2D eigenvalue weighted by molar-refractivity contribution is 4.94. The quantitative estimate of drug-likeness (QED) is 0.101. The molecule has 0 aromatic carbocycles. The van der Waals surface area contributed by atoms with Crippen molar-refractivity contribution in [2.75, 3.05) is 26.4 Å². The molecule has 0 amide bonds. The van der Waals surface area contributed by atoms with Crippen molar-refractivity contribution >= 4 is 0 Å². The average molecular weight is 524 g/mol. The fourth-order valence-electron chi connectivity index (χ4n) is 4.18. The zero-order valence-electron chi connectivity index (χ0n) is 20.2. The molecule has 0 saturated carbocycles. The van der Waals surface area contributed by atoms with Crippen LogP contribution in [0.1, 0.15) is 19.8 Å². The average Bonchev–Trinajstić information content (AvgIpc) is 2.87. The second kappa shape index (κ2) is 14.8. The van der Waals surface area contributed by atoms with Crippen molar-refractivity contribution in [2.24, 2.45) is 11.5 Å². The molecule has 14 heteroatoms. The third kappa shape index (κ3) is 7.76. The molecule has 0 bridgehead atoms. The predicted molar refractivity (Wildman–Crippen MR) is 124 cm³/mol. The van der Waals surface area contributed by atoms with Crippen molar-refractivity contribution in [2.45, 2.75) is 99.3 Å². The van der Waals surface area contributed by atoms with Crippen LogP contribution in [-0.4, -0.2) is 142 Å². The Labute approximate surface area is 210 Å². The molecule has 0 aromatic rings. The lowest BCUT2D eigenvalue weighted by Crippen LogP contribution is -2.63. The highest BCUT2D eigenvalue weighted by atomic mass is 16.7. The van der Waals surface area contributed by atoms with Gasteiger partial charge in [-0.2, -0.15) is 0 Å². The number of nitrogens with one attached hydrogen (secondary N) is 1. The number of ether oxygens (including phenoxy) is 4. The van der Waals surface area contributed by atoms with Crippen molar-refractivity contribution in [3.8, 4) is 12.3 Å². The summed E-state index contributed by atoms with van der Waals surface area (Å²) in [5.41, 5.74) is 12.1. The van der Waals surface area contributed by atoms with Gasteiger partial charge in [-0.3, -0.25) is 0 Å². The van der Waals surface area contributed by atoms with Crippen molar-refractivity contribution in [3.63, 3.8) is 0 Å². The Balaban J connectivity index is 2.00. The summed E-state index contributed by atoms with van der Waals surface area (Å²) in [6, 6.07) is -2.46. The standard InChI is InChI=1S/C22H41N3O11/c1-3-5-25-10(9-33-21-18(30)15(24)16(28)14(8-27)36-21)6-11(23)13(7-26)35-22-20(32)19(31)17(29)12(4-2)34-22/h1,10-22,25-32H,4-9,23-24H2,2H3/t10-,11?,12?,13+,14-,15?,16-,17-,18-,19?,20?,21?,22-/m1/s1. The molecule has 2 heterocycles. The van der Waals surface area contributed by atoms with E-state index in [0.717, 1.165) is 0 Å². The second-order valence-corrected chi connectivity index (χ2v) is 9.08. The highest BCUT2D eigenvalue weighted by Gasteiger charge is 2.45. The third-order valence-electron chi connectivity index (χ3n) is 6.49. The minimum atomic E-state index is -1.56. The first-order valence-electron chi connectivity index (χ1n) is 12.0. The number of rotatable bonds is 13. The molecule has 13 atom stereocenters. The largest absolute Gasteiger partial charge is 0.394 e. The number of aliphatic hydroxyl groups excluding tert-OH is 7. The van der Waals surface area contributed by atoms with Gasteiger partial charge in [-0.15, -0.1) is 6.42 Å². The molecule has 36 heavy (non-hydrogen) atoms. The topological polar surface area (TPSA) is 243 Å². The van der Waals surface area contributed by atoms with Gasteiger partial charge in [-0.1, -0.05) is 12.8 Å². The molecule has 0 radical (unpaired) electrons. The number of terminal acetylenes is 1. The number of nitrogens with two attached hydrogens (primary N) is 2. The van der Waals surface area contributed by atoms with Crippen LogP contribution >= 0.6 is 0 Å². The van der Waals surface area contributed by atoms with Crippen molar-refractivity contribution in [3.05, 3.63) is 0 Å². The maximum absolute atomic E-state index is 10.3. The van der Waals surface area contributed by atoms with E-state index >= 15 is 0 Å². The molecule has 2 saturated heterocycles. The Morgan fingerprint density at radius 2 is 1.64 bits per heavy atom. The second-order valence-electron chi connectivity index (χ2n) is 9.08. The Bertz CT molecular complexity index is 682. The molecule has 210 valence electrons. The van der Waals surface area contributed by atoms with E-state index in [1.807, 2.05) is 0 Å². The van der Waals surface area contributed by atoms with Crippen LogP contribution in [0.4, 0.5) is 0 Å². The van der Waals surface area contributed by atoms with Gasteiger partial charge in [0.15, 0.2) is 12.6 Å². The predicted octanol–water partition coefficient (Wildman–Crippen LogP) is -5.33. The monoisotopic (exact) mass is 523 g/mol. The van der Waals surface area contributed by atoms with Crippen LogP contribution in [0.2, 0.25) is 0 Å². The fourth-order valence-corrected chi connectivity index (χ4v) is 4.18. The summed E-state index contributed by atoms with van der Waals surface area (Å²) in [6.45, 7) is 0.725. The molecule has 12 N–H and O–H groups in total. The van der Waals surface area contributed by atoms with E-state index in [2.05, 4.69) is 11.2 Å². The Morgan fingerprint density at radius 3 is 2.22 bits per heavy atom. The minimum Gasteiger partial charge on any atom is -0.394 e. The van der Waals surface area contributed by atoms with Gasteiger partial charge in [0.2, 0.25) is 0 Å². The zero-order valence-corrected chi connectivity index (χ0v) is 20.2. The normalized spacial score (nSPS) is 39.8. The van der Waals surface area contributed by atoms with E-state index in [0.29, 0.717) is 6.42 Å². The Hall–Kier alpha value is -1.00. The number of hydrogen-bond acceptors (Lipinski definition) is 14. The van der Waals surface area contributed by atoms with Crippen LogP contribution in [-0.2, 0) is 18.9 Å². The van der Waals surface area contributed by atoms with Gasteiger partial charge < -0.3 is 71.5 Å². The summed E-state index contributed by atoms with van der Waals surface area (Å²) in [4.78, 5) is 0. The highest BCUT2D eigenvalue weighted by Crippen LogP contribution is 2.26. The van der Waals surface area contributed by atoms with Crippen molar-refractivity contribution in [1.29, 1.82) is 0 Å². The van der Waals surface area contributed by atoms with Gasteiger partial charge in [-0.25, -0.2) is 0 Å². The lowest BCUT2D eigenvalue weighted by atomic mass is 9.97. The van der Waals surface area contributed by atoms with Gasteiger partial charge in [-0.05, 0) is 12.8 Å². The summed E-state index contributed by atoms with van der Waals surface area (Å²) in [5.74, 6) is 2.42. The molecule has 6 unspecified atom stereocenters. The van der Waals surface area contributed by atoms with Gasteiger partial charge in [0, 0.05) is 12.1 Å². The van der Waals surface area contributed by atoms with E-state index in [1.54, 1.807) is 6.92 Å². The molecular formula is C22H41N3O11. The minimum absolute atomic E-state index is 0.0818. The van der Waals surface area contributed by atoms with E-state index in [1.165, 1.54) is 0 Å². The van der Waals surface area contributed by atoms with Crippen LogP contribution in [0.5, 0.6) is 0 Å². The summed E-state index contributed by atoms with van der Waals surface area (Å²) in [5, 5.41) is 72.9. The molecule has 0 aromatic heterocycles. The number of aliphatic hydroxyl groups is 7. The van der Waals surface area contributed by atoms with Crippen LogP contribution in [0.3, 0.4) is 0 Å². The zero-order chi connectivity index (χ0) is 27.0. The lowest BCUT2D eigenvalue weighted by molar-refractivity contribution is -0.311. The van der Waals surface area contributed by atoms with Crippen LogP contribution in [0.15, 0.2) is 0 Å². The van der Waals surface area contributed by atoms with Gasteiger partial charge in [0.25, 0.3) is 0 Å². The van der Waals surface area contributed by atoms with Crippen molar-refractivity contribution in [1.82, 2.24) is 5.32 Å². The Morgan fingerprint density at radius 1 is 0.972 bits per heavy atom. The van der Waals surface area contributed by atoms with E-state index in [-0.39, 0.29) is 19.6 Å². The Kier molecular flexibility index (Phi) is 12.8. The number of hydrogen-bond donors (Lipinski definition) is 10. The molecular weight excluding hydrogens is 482 g/mol. The van der Waals surface area contributed by atoms with Crippen LogP contribution < -0.4 is 16.8 Å². The molecule has 14 nitrogen and oxygen atoms in total. The molecule has 0 aliphatic carbocycles. The molecule has 2 aliphatic heterocycles. The smallest absolute Gasteiger partial charge is 0.187 e. The first kappa shape index (κ1) is 31.2. The molecule has 2 fully saturated rings. The third-order valence-corrected chi connectivity index (χ3v) is 6.49. The maximum Gasteiger partial charge on any atom is 0.187 e. The van der Waals surface area contributed by atoms with Crippen LogP contribution in [0, 0.1) is 12.3 Å². The van der Waals surface area contributed by atoms with E-state index in [4.69, 9.17) is 36.8 Å². The first-order valence-corrected chi connectivity index (χ1v) is 12.0. The molecule has 0 spiro atoms. The van der Waals surface area contributed by atoms with Gasteiger partial charge in [0.1, 0.15) is 36.6 Å². The van der Waals surface area contributed by atoms with Crippen LogP contribution in [0.25, 0.3) is 0 Å². The molecule has 2 rings (SSSR count). The van der Waals surface area contributed by atoms with E-state index < -0.39 is 92.8 Å². The first-order chi connectivity index (χ1) is 17.1. The summed E-state index contributed by atoms with van der Waals surface area (Å²) in [6.07, 6.45) is -6.59. The summed E-state index contributed by atoms with van der Waals surface area (Å²) in [7, 11) is 0. The molecule has 2 aliphatic rings. The summed E-state index contributed by atoms with van der Waals surface area (Å²) < 4.78 is 22.3. The lowest BCUT2D eigenvalue weighted by Gasteiger charge is -2.42. The van der Waals surface area contributed by atoms with Gasteiger partial charge >= 0.3 is 0 Å². The fraction of sp³-hybridized carbons (Fsp3) is 0.909.